The number of rotatable bonds is 4. The van der Waals surface area contributed by atoms with Gasteiger partial charge in [0, 0.05) is 27.1 Å². The molecule has 0 unspecified atom stereocenters. The Morgan fingerprint density at radius 2 is 2.10 bits per heavy atom. The maximum absolute atomic E-state index is 12.6. The predicted molar refractivity (Wildman–Crippen MR) is 68.1 cm³/mol. The number of anilines is 1. The van der Waals surface area contributed by atoms with E-state index in [1.165, 1.54) is 13.1 Å². The standard InChI is InChI=1S/C13H14F3N3O/c1-18-12(20)5-6-19(2)11-4-3-10(13(14,15)16)7-9(11)8-17/h3-4,7H,5-6H2,1-2H3,(H,18,20). The van der Waals surface area contributed by atoms with Gasteiger partial charge < -0.3 is 10.2 Å². The molecule has 4 nitrogen and oxygen atoms in total. The van der Waals surface area contributed by atoms with E-state index in [1.807, 2.05) is 0 Å². The van der Waals surface area contributed by atoms with Crippen molar-refractivity contribution in [2.75, 3.05) is 25.5 Å². The second-order valence-electron chi connectivity index (χ2n) is 4.19. The minimum atomic E-state index is -4.48. The molecule has 0 aromatic heterocycles. The summed E-state index contributed by atoms with van der Waals surface area (Å²) < 4.78 is 37.7. The van der Waals surface area contributed by atoms with Gasteiger partial charge in [0.15, 0.2) is 0 Å². The second-order valence-corrected chi connectivity index (χ2v) is 4.19. The monoisotopic (exact) mass is 285 g/mol. The van der Waals surface area contributed by atoms with Crippen molar-refractivity contribution < 1.29 is 18.0 Å². The highest BCUT2D eigenvalue weighted by atomic mass is 19.4. The maximum atomic E-state index is 12.6. The first kappa shape index (κ1) is 15.8. The zero-order valence-electron chi connectivity index (χ0n) is 11.1. The molecule has 0 aliphatic carbocycles. The summed E-state index contributed by atoms with van der Waals surface area (Å²) >= 11 is 0. The highest BCUT2D eigenvalue weighted by molar-refractivity contribution is 5.76. The van der Waals surface area contributed by atoms with Crippen LogP contribution in [0.15, 0.2) is 18.2 Å². The van der Waals surface area contributed by atoms with Gasteiger partial charge in [-0.25, -0.2) is 0 Å². The fourth-order valence-electron chi connectivity index (χ4n) is 1.65. The van der Waals surface area contributed by atoms with Crippen molar-refractivity contribution in [3.05, 3.63) is 29.3 Å². The number of alkyl halides is 3. The predicted octanol–water partition coefficient (Wildman–Crippen LogP) is 2.15. The van der Waals surface area contributed by atoms with Crippen LogP contribution in [0.4, 0.5) is 18.9 Å². The van der Waals surface area contributed by atoms with E-state index in [4.69, 9.17) is 5.26 Å². The quantitative estimate of drug-likeness (QED) is 0.922. The van der Waals surface area contributed by atoms with Crippen LogP contribution in [0.3, 0.4) is 0 Å². The highest BCUT2D eigenvalue weighted by Crippen LogP contribution is 2.32. The molecule has 0 atom stereocenters. The van der Waals surface area contributed by atoms with Crippen molar-refractivity contribution in [3.8, 4) is 6.07 Å². The molecule has 0 bridgehead atoms. The van der Waals surface area contributed by atoms with Crippen LogP contribution < -0.4 is 10.2 Å². The number of benzene rings is 1. The Bertz CT molecular complexity index is 535. The SMILES string of the molecule is CNC(=O)CCN(C)c1ccc(C(F)(F)F)cc1C#N. The van der Waals surface area contributed by atoms with Crippen molar-refractivity contribution in [2.45, 2.75) is 12.6 Å². The topological polar surface area (TPSA) is 56.1 Å². The van der Waals surface area contributed by atoms with Gasteiger partial charge in [-0.1, -0.05) is 0 Å². The molecule has 1 aromatic rings. The molecule has 0 heterocycles. The van der Waals surface area contributed by atoms with E-state index < -0.39 is 11.7 Å². The Morgan fingerprint density at radius 1 is 1.45 bits per heavy atom. The third kappa shape index (κ3) is 3.88. The number of hydrogen-bond donors (Lipinski definition) is 1. The van der Waals surface area contributed by atoms with Gasteiger partial charge in [-0.05, 0) is 18.2 Å². The first-order chi connectivity index (χ1) is 9.29. The van der Waals surface area contributed by atoms with Crippen molar-refractivity contribution in [1.29, 1.82) is 5.26 Å². The Balaban J connectivity index is 2.96. The van der Waals surface area contributed by atoms with Crippen molar-refractivity contribution in [3.63, 3.8) is 0 Å². The van der Waals surface area contributed by atoms with E-state index in [0.29, 0.717) is 12.2 Å². The fourth-order valence-corrected chi connectivity index (χ4v) is 1.65. The number of nitriles is 1. The first-order valence-corrected chi connectivity index (χ1v) is 5.82. The Morgan fingerprint density at radius 3 is 2.60 bits per heavy atom. The molecule has 1 N–H and O–H groups in total. The number of halogens is 3. The maximum Gasteiger partial charge on any atom is 0.416 e. The summed E-state index contributed by atoms with van der Waals surface area (Å²) in [6, 6.07) is 4.72. The third-order valence-electron chi connectivity index (χ3n) is 2.81. The third-order valence-corrected chi connectivity index (χ3v) is 2.81. The van der Waals surface area contributed by atoms with Crippen molar-refractivity contribution in [1.82, 2.24) is 5.32 Å². The second kappa shape index (κ2) is 6.28. The molecule has 0 spiro atoms. The number of hydrogen-bond acceptors (Lipinski definition) is 3. The van der Waals surface area contributed by atoms with Gasteiger partial charge in [0.2, 0.25) is 5.91 Å². The molecule has 108 valence electrons. The van der Waals surface area contributed by atoms with E-state index in [-0.39, 0.29) is 17.9 Å². The summed E-state index contributed by atoms with van der Waals surface area (Å²) in [6.45, 7) is 0.305. The average Bonchev–Trinajstić information content (AvgIpc) is 2.42. The molecule has 0 radical (unpaired) electrons. The summed E-state index contributed by atoms with van der Waals surface area (Å²) in [5.74, 6) is -0.178. The molecule has 1 rings (SSSR count). The molecular formula is C13H14F3N3O. The lowest BCUT2D eigenvalue weighted by atomic mass is 10.1. The van der Waals surface area contributed by atoms with Crippen molar-refractivity contribution in [2.24, 2.45) is 0 Å². The Kier molecular flexibility index (Phi) is 4.97. The van der Waals surface area contributed by atoms with Gasteiger partial charge >= 0.3 is 6.18 Å². The summed E-state index contributed by atoms with van der Waals surface area (Å²) in [6.07, 6.45) is -4.29. The van der Waals surface area contributed by atoms with E-state index in [1.54, 1.807) is 18.0 Å². The van der Waals surface area contributed by atoms with Gasteiger partial charge in [0.25, 0.3) is 0 Å². The van der Waals surface area contributed by atoms with Crippen LogP contribution in [0, 0.1) is 11.3 Å². The molecule has 0 saturated carbocycles. The largest absolute Gasteiger partial charge is 0.416 e. The minimum absolute atomic E-state index is 0.0702. The summed E-state index contributed by atoms with van der Waals surface area (Å²) in [4.78, 5) is 12.7. The van der Waals surface area contributed by atoms with Gasteiger partial charge in [-0.3, -0.25) is 4.79 Å². The van der Waals surface area contributed by atoms with Crippen LogP contribution in [0.5, 0.6) is 0 Å². The summed E-state index contributed by atoms with van der Waals surface area (Å²) in [7, 11) is 3.12. The Hall–Kier alpha value is -2.23. The fraction of sp³-hybridized carbons (Fsp3) is 0.385. The average molecular weight is 285 g/mol. The van der Waals surface area contributed by atoms with E-state index >= 15 is 0 Å². The van der Waals surface area contributed by atoms with E-state index in [9.17, 15) is 18.0 Å². The smallest absolute Gasteiger partial charge is 0.373 e. The van der Waals surface area contributed by atoms with Gasteiger partial charge in [0.1, 0.15) is 6.07 Å². The van der Waals surface area contributed by atoms with Gasteiger partial charge in [0.05, 0.1) is 16.8 Å². The molecule has 20 heavy (non-hydrogen) atoms. The van der Waals surface area contributed by atoms with Crippen LogP contribution >= 0.6 is 0 Å². The molecule has 0 aliphatic rings. The van der Waals surface area contributed by atoms with Gasteiger partial charge in [-0.15, -0.1) is 0 Å². The van der Waals surface area contributed by atoms with Crippen LogP contribution in [0.1, 0.15) is 17.5 Å². The van der Waals surface area contributed by atoms with E-state index in [0.717, 1.165) is 12.1 Å². The molecule has 0 fully saturated rings. The first-order valence-electron chi connectivity index (χ1n) is 5.82. The minimum Gasteiger partial charge on any atom is -0.373 e. The summed E-state index contributed by atoms with van der Waals surface area (Å²) in [5.41, 5.74) is -0.568. The normalized spacial score (nSPS) is 10.8. The molecule has 0 aliphatic heterocycles. The van der Waals surface area contributed by atoms with Crippen LogP contribution in [-0.2, 0) is 11.0 Å². The van der Waals surface area contributed by atoms with Crippen LogP contribution in [0.25, 0.3) is 0 Å². The van der Waals surface area contributed by atoms with Crippen molar-refractivity contribution >= 4 is 11.6 Å². The molecule has 1 amide bonds. The number of nitrogens with one attached hydrogen (secondary N) is 1. The zero-order valence-corrected chi connectivity index (χ0v) is 11.1. The van der Waals surface area contributed by atoms with E-state index in [2.05, 4.69) is 5.32 Å². The lowest BCUT2D eigenvalue weighted by Crippen LogP contribution is -2.26. The molecule has 0 saturated heterocycles. The number of nitrogens with zero attached hydrogens (tertiary/aromatic N) is 2. The van der Waals surface area contributed by atoms with Gasteiger partial charge in [-0.2, -0.15) is 18.4 Å². The zero-order chi connectivity index (χ0) is 15.3. The number of carbonyl (C=O) groups excluding carboxylic acids is 1. The Labute approximate surface area is 114 Å². The number of amides is 1. The number of carbonyl (C=O) groups is 1. The molecule has 7 heteroatoms. The van der Waals surface area contributed by atoms with Crippen LogP contribution in [0.2, 0.25) is 0 Å². The summed E-state index contributed by atoms with van der Waals surface area (Å²) in [5, 5.41) is 11.4. The molecule has 1 aromatic carbocycles. The van der Waals surface area contributed by atoms with Crippen LogP contribution in [-0.4, -0.2) is 26.5 Å². The highest BCUT2D eigenvalue weighted by Gasteiger charge is 2.31. The lowest BCUT2D eigenvalue weighted by Gasteiger charge is -2.21. The molecular weight excluding hydrogens is 271 g/mol. The lowest BCUT2D eigenvalue weighted by molar-refractivity contribution is -0.137.